The number of carbonyl (C=O) groups excluding carboxylic acids is 1. The summed E-state index contributed by atoms with van der Waals surface area (Å²) in [5.41, 5.74) is 5.87. The van der Waals surface area contributed by atoms with Crippen LogP contribution in [0, 0.1) is 12.8 Å². The minimum absolute atomic E-state index is 0.241. The lowest BCUT2D eigenvalue weighted by molar-refractivity contribution is 0.0974. The predicted molar refractivity (Wildman–Crippen MR) is 72.9 cm³/mol. The zero-order valence-corrected chi connectivity index (χ0v) is 11.7. The summed E-state index contributed by atoms with van der Waals surface area (Å²) in [5, 5.41) is 0. The lowest BCUT2D eigenvalue weighted by Gasteiger charge is -2.36. The third kappa shape index (κ3) is 2.67. The van der Waals surface area contributed by atoms with Crippen molar-refractivity contribution < 1.29 is 9.53 Å². The fourth-order valence-electron chi connectivity index (χ4n) is 2.59. The van der Waals surface area contributed by atoms with E-state index in [-0.39, 0.29) is 6.09 Å². The van der Waals surface area contributed by atoms with Crippen molar-refractivity contribution in [3.05, 3.63) is 21.9 Å². The molecule has 0 saturated carbocycles. The van der Waals surface area contributed by atoms with Crippen LogP contribution in [0.5, 0.6) is 0 Å². The molecular formula is C13H20N2O2S. The number of rotatable bonds is 2. The number of amides is 1. The molecule has 0 aromatic carbocycles. The van der Waals surface area contributed by atoms with E-state index in [4.69, 9.17) is 10.5 Å². The molecule has 2 atom stereocenters. The van der Waals surface area contributed by atoms with Gasteiger partial charge in [0.15, 0.2) is 0 Å². The molecule has 0 aliphatic carbocycles. The number of ether oxygens (including phenoxy) is 1. The van der Waals surface area contributed by atoms with Gasteiger partial charge in [-0.05, 0) is 37.9 Å². The van der Waals surface area contributed by atoms with E-state index in [1.807, 2.05) is 11.3 Å². The Bertz CT molecular complexity index is 419. The first-order valence-electron chi connectivity index (χ1n) is 6.25. The van der Waals surface area contributed by atoms with E-state index < -0.39 is 0 Å². The monoisotopic (exact) mass is 268 g/mol. The van der Waals surface area contributed by atoms with Crippen LogP contribution in [0.4, 0.5) is 4.79 Å². The summed E-state index contributed by atoms with van der Waals surface area (Å²) < 4.78 is 4.78. The van der Waals surface area contributed by atoms with Gasteiger partial charge in [0.25, 0.3) is 0 Å². The SMILES string of the molecule is COC(=O)N1CCC(c2ccc(C)s2)C(CN)C1. The zero-order valence-electron chi connectivity index (χ0n) is 10.9. The van der Waals surface area contributed by atoms with Crippen LogP contribution in [0.2, 0.25) is 0 Å². The molecule has 18 heavy (non-hydrogen) atoms. The Labute approximate surface area is 112 Å². The van der Waals surface area contributed by atoms with Gasteiger partial charge in [-0.3, -0.25) is 0 Å². The zero-order chi connectivity index (χ0) is 13.1. The first-order valence-corrected chi connectivity index (χ1v) is 7.06. The lowest BCUT2D eigenvalue weighted by Crippen LogP contribution is -2.45. The van der Waals surface area contributed by atoms with Crippen molar-refractivity contribution in [2.45, 2.75) is 19.3 Å². The van der Waals surface area contributed by atoms with Crippen LogP contribution in [-0.2, 0) is 4.74 Å². The molecule has 1 saturated heterocycles. The van der Waals surface area contributed by atoms with E-state index in [2.05, 4.69) is 19.1 Å². The minimum Gasteiger partial charge on any atom is -0.453 e. The smallest absolute Gasteiger partial charge is 0.409 e. The van der Waals surface area contributed by atoms with Crippen molar-refractivity contribution >= 4 is 17.4 Å². The van der Waals surface area contributed by atoms with Crippen LogP contribution in [0.25, 0.3) is 0 Å². The summed E-state index contributed by atoms with van der Waals surface area (Å²) >= 11 is 1.84. The van der Waals surface area contributed by atoms with Gasteiger partial charge in [0.1, 0.15) is 0 Å². The number of aryl methyl sites for hydroxylation is 1. The van der Waals surface area contributed by atoms with Crippen LogP contribution >= 0.6 is 11.3 Å². The summed E-state index contributed by atoms with van der Waals surface area (Å²) in [5.74, 6) is 0.811. The van der Waals surface area contributed by atoms with Gasteiger partial charge in [-0.1, -0.05) is 0 Å². The Morgan fingerprint density at radius 1 is 1.61 bits per heavy atom. The van der Waals surface area contributed by atoms with Gasteiger partial charge in [0, 0.05) is 28.8 Å². The highest BCUT2D eigenvalue weighted by atomic mass is 32.1. The van der Waals surface area contributed by atoms with E-state index in [1.165, 1.54) is 16.9 Å². The molecule has 1 aliphatic heterocycles. The third-order valence-electron chi connectivity index (χ3n) is 3.60. The molecule has 1 aromatic rings. The number of carbonyl (C=O) groups is 1. The molecule has 0 spiro atoms. The lowest BCUT2D eigenvalue weighted by atomic mass is 9.84. The van der Waals surface area contributed by atoms with E-state index in [1.54, 1.807) is 4.90 Å². The maximum absolute atomic E-state index is 11.5. The van der Waals surface area contributed by atoms with Gasteiger partial charge in [-0.2, -0.15) is 0 Å². The average molecular weight is 268 g/mol. The van der Waals surface area contributed by atoms with E-state index in [0.717, 1.165) is 13.0 Å². The van der Waals surface area contributed by atoms with Crippen LogP contribution in [0.15, 0.2) is 12.1 Å². The second-order valence-corrected chi connectivity index (χ2v) is 6.07. The Morgan fingerprint density at radius 2 is 2.39 bits per heavy atom. The van der Waals surface area contributed by atoms with E-state index in [0.29, 0.717) is 24.9 Å². The Balaban J connectivity index is 2.09. The highest BCUT2D eigenvalue weighted by molar-refractivity contribution is 7.12. The molecule has 1 aliphatic rings. The summed E-state index contributed by atoms with van der Waals surface area (Å²) in [7, 11) is 1.43. The van der Waals surface area contributed by atoms with E-state index >= 15 is 0 Å². The fraction of sp³-hybridized carbons (Fsp3) is 0.615. The van der Waals surface area contributed by atoms with Gasteiger partial charge < -0.3 is 15.4 Å². The van der Waals surface area contributed by atoms with Crippen molar-refractivity contribution in [1.29, 1.82) is 0 Å². The maximum atomic E-state index is 11.5. The number of likely N-dealkylation sites (tertiary alicyclic amines) is 1. The van der Waals surface area contributed by atoms with Crippen LogP contribution < -0.4 is 5.73 Å². The van der Waals surface area contributed by atoms with Crippen molar-refractivity contribution in [3.8, 4) is 0 Å². The molecule has 0 radical (unpaired) electrons. The number of methoxy groups -OCH3 is 1. The molecule has 4 nitrogen and oxygen atoms in total. The number of nitrogens with two attached hydrogens (primary N) is 1. The van der Waals surface area contributed by atoms with Crippen molar-refractivity contribution in [2.75, 3.05) is 26.7 Å². The molecule has 2 unspecified atom stereocenters. The Kier molecular flexibility index (Phi) is 4.24. The topological polar surface area (TPSA) is 55.6 Å². The number of hydrogen-bond donors (Lipinski definition) is 1. The quantitative estimate of drug-likeness (QED) is 0.894. The molecule has 0 bridgehead atoms. The molecule has 2 heterocycles. The first-order chi connectivity index (χ1) is 8.65. The Morgan fingerprint density at radius 3 is 2.94 bits per heavy atom. The van der Waals surface area contributed by atoms with Gasteiger partial charge in [-0.15, -0.1) is 11.3 Å². The number of nitrogens with zero attached hydrogens (tertiary/aromatic N) is 1. The number of piperidine rings is 1. The summed E-state index contributed by atoms with van der Waals surface area (Å²) in [6.45, 7) is 4.18. The Hall–Kier alpha value is -1.07. The predicted octanol–water partition coefficient (Wildman–Crippen LogP) is 2.19. The van der Waals surface area contributed by atoms with Crippen LogP contribution in [-0.4, -0.2) is 37.7 Å². The number of thiophene rings is 1. The second-order valence-electron chi connectivity index (χ2n) is 4.76. The summed E-state index contributed by atoms with van der Waals surface area (Å²) in [6.07, 6.45) is 0.728. The molecular weight excluding hydrogens is 248 g/mol. The molecule has 2 rings (SSSR count). The fourth-order valence-corrected chi connectivity index (χ4v) is 3.70. The molecule has 1 aromatic heterocycles. The molecule has 5 heteroatoms. The summed E-state index contributed by atoms with van der Waals surface area (Å²) in [4.78, 5) is 16.0. The number of hydrogen-bond acceptors (Lipinski definition) is 4. The van der Waals surface area contributed by atoms with E-state index in [9.17, 15) is 4.79 Å². The van der Waals surface area contributed by atoms with Gasteiger partial charge >= 0.3 is 6.09 Å². The van der Waals surface area contributed by atoms with Crippen LogP contribution in [0.1, 0.15) is 22.1 Å². The van der Waals surface area contributed by atoms with Crippen molar-refractivity contribution in [1.82, 2.24) is 4.90 Å². The van der Waals surface area contributed by atoms with Crippen molar-refractivity contribution in [2.24, 2.45) is 11.7 Å². The largest absolute Gasteiger partial charge is 0.453 e. The summed E-state index contributed by atoms with van der Waals surface area (Å²) in [6, 6.07) is 4.35. The van der Waals surface area contributed by atoms with Crippen molar-refractivity contribution in [3.63, 3.8) is 0 Å². The second kappa shape index (κ2) is 5.71. The highest BCUT2D eigenvalue weighted by Crippen LogP contribution is 2.36. The average Bonchev–Trinajstić information content (AvgIpc) is 2.83. The normalized spacial score (nSPS) is 24.1. The minimum atomic E-state index is -0.241. The maximum Gasteiger partial charge on any atom is 0.409 e. The molecule has 100 valence electrons. The molecule has 2 N–H and O–H groups in total. The highest BCUT2D eigenvalue weighted by Gasteiger charge is 2.32. The van der Waals surface area contributed by atoms with Gasteiger partial charge in [0.2, 0.25) is 0 Å². The first kappa shape index (κ1) is 13.4. The third-order valence-corrected chi connectivity index (χ3v) is 4.73. The van der Waals surface area contributed by atoms with Crippen LogP contribution in [0.3, 0.4) is 0 Å². The van der Waals surface area contributed by atoms with Gasteiger partial charge in [-0.25, -0.2) is 4.79 Å². The van der Waals surface area contributed by atoms with Gasteiger partial charge in [0.05, 0.1) is 7.11 Å². The molecule has 1 amide bonds. The standard InChI is InChI=1S/C13H20N2O2S/c1-9-3-4-12(18-9)11-5-6-15(13(16)17-2)8-10(11)7-14/h3-4,10-11H,5-8,14H2,1-2H3. The molecule has 1 fully saturated rings.